The summed E-state index contributed by atoms with van der Waals surface area (Å²) in [5.74, 6) is -5.92. The van der Waals surface area contributed by atoms with Crippen LogP contribution in [-0.2, 0) is 37.4 Å². The molecular formula is C17H30NO16P. The number of hydrogen-bond acceptors (Lipinski definition) is 14. The summed E-state index contributed by atoms with van der Waals surface area (Å²) in [7, 11) is -4.21. The molecule has 0 radical (unpaired) electrons. The van der Waals surface area contributed by atoms with E-state index in [1.165, 1.54) is 7.11 Å². The maximum Gasteiger partial charge on any atom is 0.475 e. The highest BCUT2D eigenvalue weighted by Crippen LogP contribution is 2.51. The number of hydrogen-bond donors (Lipinski definition) is 9. The maximum atomic E-state index is 12.6. The fourth-order valence-corrected chi connectivity index (χ4v) is 4.60. The largest absolute Gasteiger partial charge is 0.477 e. The number of carbonyl (C=O) groups is 2. The minimum atomic E-state index is -5.38. The molecule has 0 aliphatic carbocycles. The predicted octanol–water partition coefficient (Wildman–Crippen LogP) is -4.64. The molecule has 1 amide bonds. The van der Waals surface area contributed by atoms with Gasteiger partial charge in [-0.2, -0.15) is 0 Å². The van der Waals surface area contributed by atoms with Gasteiger partial charge in [0, 0.05) is 20.5 Å². The van der Waals surface area contributed by atoms with Crippen LogP contribution < -0.4 is 5.32 Å². The van der Waals surface area contributed by atoms with Crippen LogP contribution in [0.5, 0.6) is 0 Å². The van der Waals surface area contributed by atoms with Gasteiger partial charge in [-0.05, 0) is 0 Å². The highest BCUT2D eigenvalue weighted by Gasteiger charge is 2.58. The van der Waals surface area contributed by atoms with Crippen molar-refractivity contribution in [3.63, 3.8) is 0 Å². The molecule has 2 heterocycles. The molecule has 35 heavy (non-hydrogen) atoms. The number of aliphatic carboxylic acids is 1. The van der Waals surface area contributed by atoms with E-state index < -0.39 is 100 Å². The summed E-state index contributed by atoms with van der Waals surface area (Å²) in [5.41, 5.74) is 0. The minimum absolute atomic E-state index is 0.736. The standard InChI is InChI=1S/C17H30NO16P/c1-6(20)18-10-7(21)3-17(16(26)27,33-14(10)11(23)8(22)4-19)34-35(28,29)31-5-9-12(24)13(25)15(30-2)32-9/h7-15,19,21-25H,3-5H2,1-2H3,(H,18,20)(H,26,27)(H,28,29)/t7-,8+,9+,10+,11+,12+,13+,14+,15+,17+/m0/s1. The number of carboxylic acid groups (broad SMARTS) is 1. The Morgan fingerprint density at radius 3 is 2.34 bits per heavy atom. The van der Waals surface area contributed by atoms with Crippen molar-refractivity contribution in [2.24, 2.45) is 0 Å². The maximum absolute atomic E-state index is 12.6. The lowest BCUT2D eigenvalue weighted by molar-refractivity contribution is -0.289. The van der Waals surface area contributed by atoms with Gasteiger partial charge in [-0.1, -0.05) is 0 Å². The number of phosphoric acid groups is 1. The molecule has 0 saturated carbocycles. The predicted molar refractivity (Wildman–Crippen MR) is 107 cm³/mol. The molecule has 204 valence electrons. The van der Waals surface area contributed by atoms with Crippen LogP contribution in [0.25, 0.3) is 0 Å². The van der Waals surface area contributed by atoms with Crippen molar-refractivity contribution in [3.05, 3.63) is 0 Å². The van der Waals surface area contributed by atoms with Gasteiger partial charge < -0.3 is 60.2 Å². The summed E-state index contributed by atoms with van der Waals surface area (Å²) in [6.45, 7) is -0.868. The normalized spacial score (nSPS) is 38.9. The van der Waals surface area contributed by atoms with Crippen molar-refractivity contribution >= 4 is 19.7 Å². The van der Waals surface area contributed by atoms with Gasteiger partial charge in [0.15, 0.2) is 6.29 Å². The van der Waals surface area contributed by atoms with E-state index in [1.807, 2.05) is 0 Å². The molecule has 17 nitrogen and oxygen atoms in total. The molecule has 11 atom stereocenters. The van der Waals surface area contributed by atoms with Gasteiger partial charge in [-0.15, -0.1) is 0 Å². The number of aliphatic hydroxyl groups excluding tert-OH is 6. The third-order valence-electron chi connectivity index (χ3n) is 5.40. The molecule has 0 aromatic rings. The number of ether oxygens (including phenoxy) is 3. The smallest absolute Gasteiger partial charge is 0.475 e. The Morgan fingerprint density at radius 2 is 1.86 bits per heavy atom. The van der Waals surface area contributed by atoms with Crippen LogP contribution in [0.3, 0.4) is 0 Å². The summed E-state index contributed by atoms with van der Waals surface area (Å²) in [6, 6.07) is -1.52. The first-order chi connectivity index (χ1) is 16.2. The summed E-state index contributed by atoms with van der Waals surface area (Å²) in [4.78, 5) is 33.7. The molecule has 0 spiro atoms. The number of amides is 1. The summed E-state index contributed by atoms with van der Waals surface area (Å²) < 4.78 is 37.1. The number of methoxy groups -OCH3 is 1. The van der Waals surface area contributed by atoms with Crippen molar-refractivity contribution in [2.45, 2.75) is 74.2 Å². The van der Waals surface area contributed by atoms with Gasteiger partial charge in [0.1, 0.15) is 36.6 Å². The molecule has 2 rings (SSSR count). The highest BCUT2D eigenvalue weighted by atomic mass is 31.2. The quantitative estimate of drug-likeness (QED) is 0.113. The third-order valence-corrected chi connectivity index (χ3v) is 6.40. The Bertz CT molecular complexity index is 800. The monoisotopic (exact) mass is 535 g/mol. The SMILES string of the molecule is CO[C@@H]1O[C@H](COP(=O)(O)O[C@@]2(C(=O)O)C[C@H](O)[C@@H](NC(C)=O)[C@H]([C@H](O)[C@H](O)CO)O2)[C@@H](O)[C@H]1O. The molecule has 9 N–H and O–H groups in total. The average molecular weight is 535 g/mol. The summed E-state index contributed by atoms with van der Waals surface area (Å²) in [5, 5.41) is 71.3. The van der Waals surface area contributed by atoms with E-state index in [0.717, 1.165) is 6.92 Å². The van der Waals surface area contributed by atoms with E-state index in [4.69, 9.17) is 23.8 Å². The Balaban J connectivity index is 2.25. The number of nitrogens with one attached hydrogen (secondary N) is 1. The first-order valence-corrected chi connectivity index (χ1v) is 11.7. The zero-order valence-corrected chi connectivity index (χ0v) is 19.5. The number of aliphatic hydroxyl groups is 6. The van der Waals surface area contributed by atoms with Gasteiger partial charge >= 0.3 is 13.8 Å². The van der Waals surface area contributed by atoms with E-state index >= 15 is 0 Å². The van der Waals surface area contributed by atoms with Crippen LogP contribution in [0, 0.1) is 0 Å². The van der Waals surface area contributed by atoms with E-state index in [1.54, 1.807) is 0 Å². The minimum Gasteiger partial charge on any atom is -0.477 e. The fraction of sp³-hybridized carbons (Fsp3) is 0.882. The number of rotatable bonds is 11. The molecule has 2 saturated heterocycles. The molecule has 2 aliphatic heterocycles. The van der Waals surface area contributed by atoms with Gasteiger partial charge in [0.05, 0.1) is 25.4 Å². The Hall–Kier alpha value is -1.31. The second kappa shape index (κ2) is 11.8. The molecule has 1 unspecified atom stereocenters. The molecule has 0 aromatic heterocycles. The Morgan fingerprint density at radius 1 is 1.23 bits per heavy atom. The highest BCUT2D eigenvalue weighted by molar-refractivity contribution is 7.47. The third kappa shape index (κ3) is 6.92. The first-order valence-electron chi connectivity index (χ1n) is 10.2. The van der Waals surface area contributed by atoms with E-state index in [-0.39, 0.29) is 0 Å². The molecule has 0 aromatic carbocycles. The van der Waals surface area contributed by atoms with E-state index in [9.17, 15) is 49.7 Å². The summed E-state index contributed by atoms with van der Waals surface area (Å²) >= 11 is 0. The average Bonchev–Trinajstić information content (AvgIpc) is 3.05. The molecular weight excluding hydrogens is 505 g/mol. The van der Waals surface area contributed by atoms with Crippen molar-refractivity contribution in [1.29, 1.82) is 0 Å². The van der Waals surface area contributed by atoms with Crippen molar-refractivity contribution in [1.82, 2.24) is 5.32 Å². The topological polar surface area (TPSA) is 271 Å². The lowest BCUT2D eigenvalue weighted by atomic mass is 9.88. The van der Waals surface area contributed by atoms with Crippen molar-refractivity contribution in [3.8, 4) is 0 Å². The lowest BCUT2D eigenvalue weighted by Crippen LogP contribution is -2.67. The van der Waals surface area contributed by atoms with Gasteiger partial charge in [-0.25, -0.2) is 13.9 Å². The van der Waals surface area contributed by atoms with Crippen LogP contribution in [0.1, 0.15) is 13.3 Å². The zero-order valence-electron chi connectivity index (χ0n) is 18.6. The van der Waals surface area contributed by atoms with Crippen LogP contribution >= 0.6 is 7.82 Å². The number of carboxylic acids is 1. The number of phosphoric ester groups is 1. The Labute approximate surface area is 198 Å². The molecule has 2 aliphatic rings. The van der Waals surface area contributed by atoms with Gasteiger partial charge in [0.2, 0.25) is 5.91 Å². The van der Waals surface area contributed by atoms with Crippen molar-refractivity contribution < 1.29 is 78.1 Å². The first kappa shape index (κ1) is 29.9. The fourth-order valence-electron chi connectivity index (χ4n) is 3.65. The van der Waals surface area contributed by atoms with Gasteiger partial charge in [0.25, 0.3) is 5.79 Å². The Kier molecular flexibility index (Phi) is 10.1. The van der Waals surface area contributed by atoms with Gasteiger partial charge in [-0.3, -0.25) is 9.32 Å². The number of carbonyl (C=O) groups excluding carboxylic acids is 1. The van der Waals surface area contributed by atoms with Crippen LogP contribution in [0.2, 0.25) is 0 Å². The molecule has 18 heteroatoms. The van der Waals surface area contributed by atoms with Crippen LogP contribution in [-0.4, -0.2) is 134 Å². The van der Waals surface area contributed by atoms with Crippen molar-refractivity contribution in [2.75, 3.05) is 20.3 Å². The van der Waals surface area contributed by atoms with E-state index in [2.05, 4.69) is 9.84 Å². The molecule has 2 fully saturated rings. The van der Waals surface area contributed by atoms with E-state index in [0.29, 0.717) is 0 Å². The molecule has 0 bridgehead atoms. The van der Waals surface area contributed by atoms with Crippen LogP contribution in [0.4, 0.5) is 0 Å². The second-order valence-corrected chi connectivity index (χ2v) is 9.37. The summed E-state index contributed by atoms with van der Waals surface area (Å²) in [6.07, 6.45) is -14.6. The zero-order chi connectivity index (χ0) is 26.7. The van der Waals surface area contributed by atoms with Crippen LogP contribution in [0.15, 0.2) is 0 Å². The lowest BCUT2D eigenvalue weighted by Gasteiger charge is -2.46. The second-order valence-electron chi connectivity index (χ2n) is 7.99.